The molecule has 0 heterocycles. The number of benzene rings is 4. The third-order valence-electron chi connectivity index (χ3n) is 14.3. The number of fused-ring (bicyclic) bond motifs is 3. The highest BCUT2D eigenvalue weighted by Gasteiger charge is 2.62. The van der Waals surface area contributed by atoms with Crippen molar-refractivity contribution in [3.63, 3.8) is 0 Å². The maximum Gasteiger partial charge on any atom is 0.103 e. The minimum Gasteiger partial charge on any atom is -0.0623 e. The van der Waals surface area contributed by atoms with Crippen molar-refractivity contribution in [3.8, 4) is 11.1 Å². The lowest BCUT2D eigenvalue weighted by molar-refractivity contribution is 0.446. The molecule has 0 radical (unpaired) electrons. The van der Waals surface area contributed by atoms with Crippen LogP contribution >= 0.6 is 0 Å². The smallest absolute Gasteiger partial charge is 0.0623 e. The Balaban J connectivity index is 1.93. The van der Waals surface area contributed by atoms with Gasteiger partial charge in [-0.1, -0.05) is 232 Å². The molecule has 5 rings (SSSR count). The quantitative estimate of drug-likeness (QED) is 0.157. The van der Waals surface area contributed by atoms with Gasteiger partial charge in [0.15, 0.2) is 0 Å². The molecular formula is C53H78Si2. The van der Waals surface area contributed by atoms with E-state index in [2.05, 4.69) is 222 Å². The average Bonchev–Trinajstić information content (AvgIpc) is 3.28. The normalized spacial score (nSPS) is 15.5. The lowest BCUT2D eigenvalue weighted by Crippen LogP contribution is -2.67. The van der Waals surface area contributed by atoms with Crippen LogP contribution in [0.5, 0.6) is 0 Å². The highest BCUT2D eigenvalue weighted by Crippen LogP contribution is 2.64. The molecule has 55 heavy (non-hydrogen) atoms. The molecule has 0 N–H and O–H groups in total. The minimum absolute atomic E-state index is 0.121. The highest BCUT2D eigenvalue weighted by atomic mass is 28.3. The molecule has 1 aliphatic carbocycles. The fourth-order valence-electron chi connectivity index (χ4n) is 15.0. The van der Waals surface area contributed by atoms with Crippen molar-refractivity contribution in [2.75, 3.05) is 0 Å². The summed E-state index contributed by atoms with van der Waals surface area (Å²) in [6.07, 6.45) is 4.31. The van der Waals surface area contributed by atoms with Gasteiger partial charge < -0.3 is 0 Å². The zero-order chi connectivity index (χ0) is 41.3. The van der Waals surface area contributed by atoms with Crippen molar-refractivity contribution in [1.29, 1.82) is 0 Å². The molecule has 0 amide bonds. The second-order valence-electron chi connectivity index (χ2n) is 23.6. The first-order valence-electron chi connectivity index (χ1n) is 21.5. The fourth-order valence-corrected chi connectivity index (χ4v) is 35.1. The maximum absolute atomic E-state index is 2.81. The van der Waals surface area contributed by atoms with Gasteiger partial charge in [0, 0.05) is 5.41 Å². The van der Waals surface area contributed by atoms with Crippen LogP contribution in [0.2, 0.25) is 30.2 Å². The topological polar surface area (TPSA) is 0 Å². The van der Waals surface area contributed by atoms with Crippen molar-refractivity contribution in [2.24, 2.45) is 0 Å². The van der Waals surface area contributed by atoms with Gasteiger partial charge >= 0.3 is 0 Å². The Morgan fingerprint density at radius 1 is 0.364 bits per heavy atom. The molecule has 0 aromatic heterocycles. The number of hydrogen-bond donors (Lipinski definition) is 0. The SMILES string of the molecule is CC(C)(C)[Si](c1ccc2c(c1)C(CCc1ccccc1)(CCc1ccccc1)c1cc([Si](C(C)(C)C)(C(C)(C)C)C(C)(C)C)ccc1-2)(C(C)(C)C)C(C)(C)C. The van der Waals surface area contributed by atoms with Crippen LogP contribution in [0.3, 0.4) is 0 Å². The van der Waals surface area contributed by atoms with Gasteiger partial charge in [0.05, 0.1) is 0 Å². The standard InChI is InChI=1S/C53H78Si2/c1-47(2,3)54(48(4,5)6,49(7,8)9)41-29-31-43-44-32-30-42(55(50(10,11)12,51(13,14)15)52(16,17)18)38-46(44)53(45(43)37-41,35-33-39-25-21-19-22-26-39)36-34-40-27-23-20-24-28-40/h19-32,37-38H,33-36H2,1-18H3. The molecule has 4 aromatic rings. The van der Waals surface area contributed by atoms with Crippen LogP contribution in [0.1, 0.15) is 160 Å². The molecule has 0 saturated heterocycles. The molecule has 0 nitrogen and oxygen atoms in total. The van der Waals surface area contributed by atoms with Crippen LogP contribution in [-0.4, -0.2) is 16.1 Å². The van der Waals surface area contributed by atoms with Crippen molar-refractivity contribution >= 4 is 26.5 Å². The second-order valence-corrected chi connectivity index (χ2v) is 36.7. The van der Waals surface area contributed by atoms with Gasteiger partial charge in [0.1, 0.15) is 16.1 Å². The van der Waals surface area contributed by atoms with E-state index in [1.54, 1.807) is 21.5 Å². The van der Waals surface area contributed by atoms with Crippen molar-refractivity contribution in [2.45, 2.75) is 186 Å². The molecule has 1 aliphatic rings. The third-order valence-corrected chi connectivity index (χ3v) is 30.2. The Labute approximate surface area is 341 Å². The van der Waals surface area contributed by atoms with Crippen LogP contribution in [-0.2, 0) is 18.3 Å². The van der Waals surface area contributed by atoms with Crippen LogP contribution in [0.4, 0.5) is 0 Å². The van der Waals surface area contributed by atoms with Crippen LogP contribution < -0.4 is 10.4 Å². The summed E-state index contributed by atoms with van der Waals surface area (Å²) < 4.78 is 0. The van der Waals surface area contributed by atoms with E-state index in [1.807, 2.05) is 0 Å². The van der Waals surface area contributed by atoms with E-state index >= 15 is 0 Å². The lowest BCUT2D eigenvalue weighted by Gasteiger charge is -2.60. The molecule has 0 fully saturated rings. The maximum atomic E-state index is 2.81. The van der Waals surface area contributed by atoms with Gasteiger partial charge in [-0.3, -0.25) is 0 Å². The molecule has 0 spiro atoms. The van der Waals surface area contributed by atoms with Gasteiger partial charge in [-0.2, -0.15) is 0 Å². The first-order valence-corrected chi connectivity index (χ1v) is 25.5. The van der Waals surface area contributed by atoms with Crippen LogP contribution in [0, 0.1) is 0 Å². The lowest BCUT2D eigenvalue weighted by atomic mass is 9.70. The molecular weight excluding hydrogens is 693 g/mol. The van der Waals surface area contributed by atoms with Gasteiger partial charge in [-0.15, -0.1) is 0 Å². The Hall–Kier alpha value is -2.69. The van der Waals surface area contributed by atoms with E-state index in [0.717, 1.165) is 25.7 Å². The molecule has 0 atom stereocenters. The molecule has 2 heteroatoms. The van der Waals surface area contributed by atoms with Crippen molar-refractivity contribution in [3.05, 3.63) is 119 Å². The highest BCUT2D eigenvalue weighted by molar-refractivity contribution is 6.99. The molecule has 298 valence electrons. The summed E-state index contributed by atoms with van der Waals surface area (Å²) in [7, 11) is -4.53. The fraction of sp³-hybridized carbons (Fsp3) is 0.547. The van der Waals surface area contributed by atoms with Crippen molar-refractivity contribution in [1.82, 2.24) is 0 Å². The van der Waals surface area contributed by atoms with E-state index in [4.69, 9.17) is 0 Å². The predicted octanol–water partition coefficient (Wildman–Crippen LogP) is 15.3. The van der Waals surface area contributed by atoms with Crippen LogP contribution in [0.25, 0.3) is 11.1 Å². The Morgan fingerprint density at radius 3 is 0.891 bits per heavy atom. The first kappa shape index (κ1) is 43.4. The number of hydrogen-bond acceptors (Lipinski definition) is 0. The summed E-state index contributed by atoms with van der Waals surface area (Å²) >= 11 is 0. The van der Waals surface area contributed by atoms with E-state index < -0.39 is 16.1 Å². The van der Waals surface area contributed by atoms with E-state index in [1.165, 1.54) is 22.3 Å². The van der Waals surface area contributed by atoms with Gasteiger partial charge in [-0.25, -0.2) is 0 Å². The Morgan fingerprint density at radius 2 is 0.636 bits per heavy atom. The molecule has 0 unspecified atom stereocenters. The second kappa shape index (κ2) is 14.3. The van der Waals surface area contributed by atoms with Crippen molar-refractivity contribution < 1.29 is 0 Å². The van der Waals surface area contributed by atoms with E-state index in [0.29, 0.717) is 0 Å². The summed E-state index contributed by atoms with van der Waals surface area (Å²) in [6.45, 7) is 46.0. The number of rotatable bonds is 8. The Bertz CT molecular complexity index is 1720. The first-order chi connectivity index (χ1) is 25.1. The largest absolute Gasteiger partial charge is 0.103 e. The monoisotopic (exact) mass is 771 g/mol. The zero-order valence-corrected chi connectivity index (χ0v) is 40.6. The molecule has 0 aliphatic heterocycles. The van der Waals surface area contributed by atoms with Gasteiger partial charge in [-0.05, 0) is 89.3 Å². The summed E-state index contributed by atoms with van der Waals surface area (Å²) in [6, 6.07) is 38.6. The predicted molar refractivity (Wildman–Crippen MR) is 251 cm³/mol. The summed E-state index contributed by atoms with van der Waals surface area (Å²) in [5.41, 5.74) is 8.88. The summed E-state index contributed by atoms with van der Waals surface area (Å²) in [4.78, 5) is 0. The molecule has 0 saturated carbocycles. The summed E-state index contributed by atoms with van der Waals surface area (Å²) in [5.74, 6) is 0. The third kappa shape index (κ3) is 7.02. The molecule has 4 aromatic carbocycles. The van der Waals surface area contributed by atoms with Gasteiger partial charge in [0.25, 0.3) is 0 Å². The van der Waals surface area contributed by atoms with E-state index in [9.17, 15) is 0 Å². The zero-order valence-electron chi connectivity index (χ0n) is 38.6. The summed E-state index contributed by atoms with van der Waals surface area (Å²) in [5, 5.41) is 4.22. The Kier molecular flexibility index (Phi) is 11.3. The average molecular weight is 771 g/mol. The molecule has 0 bridgehead atoms. The van der Waals surface area contributed by atoms with Gasteiger partial charge in [0.2, 0.25) is 0 Å². The van der Waals surface area contributed by atoms with E-state index in [-0.39, 0.29) is 35.6 Å². The van der Waals surface area contributed by atoms with Crippen LogP contribution in [0.15, 0.2) is 97.1 Å². The number of aryl methyl sites for hydroxylation is 2. The minimum atomic E-state index is -2.27.